The molecule has 16 heavy (non-hydrogen) atoms. The van der Waals surface area contributed by atoms with E-state index in [0.29, 0.717) is 19.0 Å². The zero-order valence-electron chi connectivity index (χ0n) is 10.3. The molecule has 0 aliphatic heterocycles. The van der Waals surface area contributed by atoms with Crippen LogP contribution in [0.2, 0.25) is 0 Å². The fraction of sp³-hybridized carbons (Fsp3) is 0.462. The van der Waals surface area contributed by atoms with Crippen molar-refractivity contribution >= 4 is 5.97 Å². The first-order chi connectivity index (χ1) is 7.54. The molecule has 3 heteroatoms. The van der Waals surface area contributed by atoms with Crippen molar-refractivity contribution in [1.29, 1.82) is 0 Å². The van der Waals surface area contributed by atoms with Crippen LogP contribution < -0.4 is 4.74 Å². The second-order valence-electron chi connectivity index (χ2n) is 3.79. The van der Waals surface area contributed by atoms with Crippen molar-refractivity contribution < 1.29 is 14.3 Å². The molecule has 0 amide bonds. The molecule has 0 aromatic heterocycles. The van der Waals surface area contributed by atoms with Crippen LogP contribution in [0.15, 0.2) is 12.1 Å². The Morgan fingerprint density at radius 2 is 1.81 bits per heavy atom. The van der Waals surface area contributed by atoms with Crippen molar-refractivity contribution in [2.24, 2.45) is 0 Å². The Balaban J connectivity index is 2.93. The van der Waals surface area contributed by atoms with Gasteiger partial charge in [0.1, 0.15) is 5.75 Å². The lowest BCUT2D eigenvalue weighted by molar-refractivity contribution is -0.131. The summed E-state index contributed by atoms with van der Waals surface area (Å²) in [6.45, 7) is 8.53. The highest BCUT2D eigenvalue weighted by molar-refractivity contribution is 5.70. The van der Waals surface area contributed by atoms with E-state index >= 15 is 0 Å². The average Bonchev–Trinajstić information content (AvgIpc) is 2.20. The molecule has 0 saturated carbocycles. The van der Waals surface area contributed by atoms with Gasteiger partial charge in [0.25, 0.3) is 0 Å². The number of carbonyl (C=O) groups excluding carboxylic acids is 1. The minimum absolute atomic E-state index is 0.288. The highest BCUT2D eigenvalue weighted by Gasteiger charge is 2.08. The van der Waals surface area contributed by atoms with E-state index in [0.717, 1.165) is 16.7 Å². The van der Waals surface area contributed by atoms with Crippen molar-refractivity contribution in [1.82, 2.24) is 0 Å². The predicted octanol–water partition coefficient (Wildman–Crippen LogP) is 2.77. The standard InChI is InChI=1S/C13H18O3/c1-5-15-8-12-6-9(2)13(10(3)7-12)16-11(4)14/h6-7H,5,8H2,1-4H3. The molecular formula is C13H18O3. The highest BCUT2D eigenvalue weighted by Crippen LogP contribution is 2.25. The summed E-state index contributed by atoms with van der Waals surface area (Å²) in [6.07, 6.45) is 0. The molecule has 1 aromatic carbocycles. The molecular weight excluding hydrogens is 204 g/mol. The van der Waals surface area contributed by atoms with Crippen LogP contribution in [0, 0.1) is 13.8 Å². The monoisotopic (exact) mass is 222 g/mol. The summed E-state index contributed by atoms with van der Waals surface area (Å²) in [5.74, 6) is 0.372. The SMILES string of the molecule is CCOCc1cc(C)c(OC(C)=O)c(C)c1. The molecule has 0 spiro atoms. The van der Waals surface area contributed by atoms with Gasteiger partial charge in [-0.3, -0.25) is 4.79 Å². The number of benzene rings is 1. The Bertz CT molecular complexity index is 360. The van der Waals surface area contributed by atoms with Crippen LogP contribution in [0.4, 0.5) is 0 Å². The molecule has 3 nitrogen and oxygen atoms in total. The summed E-state index contributed by atoms with van der Waals surface area (Å²) in [5, 5.41) is 0. The Hall–Kier alpha value is -1.35. The van der Waals surface area contributed by atoms with Gasteiger partial charge in [-0.05, 0) is 37.5 Å². The van der Waals surface area contributed by atoms with Gasteiger partial charge in [0.15, 0.2) is 0 Å². The van der Waals surface area contributed by atoms with E-state index in [4.69, 9.17) is 9.47 Å². The first kappa shape index (κ1) is 12.7. The summed E-state index contributed by atoms with van der Waals surface area (Å²) in [4.78, 5) is 10.9. The maximum atomic E-state index is 10.9. The Kier molecular flexibility index (Phi) is 4.50. The third-order valence-electron chi connectivity index (χ3n) is 2.24. The van der Waals surface area contributed by atoms with Crippen molar-refractivity contribution in [2.45, 2.75) is 34.3 Å². The normalized spacial score (nSPS) is 10.2. The third-order valence-corrected chi connectivity index (χ3v) is 2.24. The van der Waals surface area contributed by atoms with Crippen LogP contribution in [-0.4, -0.2) is 12.6 Å². The number of carbonyl (C=O) groups is 1. The Morgan fingerprint density at radius 3 is 2.25 bits per heavy atom. The molecule has 0 bridgehead atoms. The molecule has 0 N–H and O–H groups in total. The molecule has 0 unspecified atom stereocenters. The molecule has 0 atom stereocenters. The van der Waals surface area contributed by atoms with Crippen molar-refractivity contribution in [3.8, 4) is 5.75 Å². The highest BCUT2D eigenvalue weighted by atomic mass is 16.5. The van der Waals surface area contributed by atoms with E-state index in [2.05, 4.69) is 0 Å². The number of ether oxygens (including phenoxy) is 2. The first-order valence-electron chi connectivity index (χ1n) is 5.41. The van der Waals surface area contributed by atoms with Gasteiger partial charge in [0.2, 0.25) is 0 Å². The number of esters is 1. The van der Waals surface area contributed by atoms with E-state index < -0.39 is 0 Å². The quantitative estimate of drug-likeness (QED) is 0.580. The predicted molar refractivity (Wildman–Crippen MR) is 62.6 cm³/mol. The minimum Gasteiger partial charge on any atom is -0.426 e. The second kappa shape index (κ2) is 5.66. The van der Waals surface area contributed by atoms with Gasteiger partial charge in [-0.25, -0.2) is 0 Å². The van der Waals surface area contributed by atoms with Crippen LogP contribution in [0.25, 0.3) is 0 Å². The molecule has 0 heterocycles. The third kappa shape index (κ3) is 3.35. The van der Waals surface area contributed by atoms with Gasteiger partial charge < -0.3 is 9.47 Å². The van der Waals surface area contributed by atoms with Crippen LogP contribution in [-0.2, 0) is 16.1 Å². The Labute approximate surface area is 96.4 Å². The lowest BCUT2D eigenvalue weighted by Crippen LogP contribution is -2.05. The van der Waals surface area contributed by atoms with Crippen LogP contribution in [0.1, 0.15) is 30.5 Å². The lowest BCUT2D eigenvalue weighted by atomic mass is 10.1. The summed E-state index contributed by atoms with van der Waals surface area (Å²) in [5.41, 5.74) is 3.03. The molecule has 0 radical (unpaired) electrons. The van der Waals surface area contributed by atoms with E-state index in [1.807, 2.05) is 32.9 Å². The van der Waals surface area contributed by atoms with Gasteiger partial charge in [0, 0.05) is 13.5 Å². The topological polar surface area (TPSA) is 35.5 Å². The Morgan fingerprint density at radius 1 is 1.25 bits per heavy atom. The van der Waals surface area contributed by atoms with E-state index in [1.54, 1.807) is 0 Å². The first-order valence-corrected chi connectivity index (χ1v) is 5.41. The smallest absolute Gasteiger partial charge is 0.308 e. The number of hydrogen-bond donors (Lipinski definition) is 0. The maximum Gasteiger partial charge on any atom is 0.308 e. The van der Waals surface area contributed by atoms with E-state index in [9.17, 15) is 4.79 Å². The molecule has 1 rings (SSSR count). The van der Waals surface area contributed by atoms with Crippen molar-refractivity contribution in [3.05, 3.63) is 28.8 Å². The van der Waals surface area contributed by atoms with E-state index in [1.165, 1.54) is 6.92 Å². The largest absolute Gasteiger partial charge is 0.426 e. The molecule has 0 aliphatic carbocycles. The maximum absolute atomic E-state index is 10.9. The summed E-state index contributed by atoms with van der Waals surface area (Å²) in [7, 11) is 0. The molecule has 0 aliphatic rings. The fourth-order valence-electron chi connectivity index (χ4n) is 1.65. The van der Waals surface area contributed by atoms with Crippen molar-refractivity contribution in [2.75, 3.05) is 6.61 Å². The molecule has 1 aromatic rings. The molecule has 0 fully saturated rings. The zero-order chi connectivity index (χ0) is 12.1. The summed E-state index contributed by atoms with van der Waals surface area (Å²) < 4.78 is 10.5. The molecule has 88 valence electrons. The summed E-state index contributed by atoms with van der Waals surface area (Å²) >= 11 is 0. The van der Waals surface area contributed by atoms with Crippen molar-refractivity contribution in [3.63, 3.8) is 0 Å². The van der Waals surface area contributed by atoms with Gasteiger partial charge in [-0.2, -0.15) is 0 Å². The fourth-order valence-corrected chi connectivity index (χ4v) is 1.65. The van der Waals surface area contributed by atoms with Gasteiger partial charge in [-0.1, -0.05) is 12.1 Å². The number of rotatable bonds is 4. The van der Waals surface area contributed by atoms with Gasteiger partial charge in [-0.15, -0.1) is 0 Å². The van der Waals surface area contributed by atoms with Gasteiger partial charge >= 0.3 is 5.97 Å². The minimum atomic E-state index is -0.288. The van der Waals surface area contributed by atoms with Crippen LogP contribution in [0.5, 0.6) is 5.75 Å². The summed E-state index contributed by atoms with van der Waals surface area (Å²) in [6, 6.07) is 3.97. The van der Waals surface area contributed by atoms with Crippen LogP contribution in [0.3, 0.4) is 0 Å². The number of aryl methyl sites for hydroxylation is 2. The molecule has 0 saturated heterocycles. The second-order valence-corrected chi connectivity index (χ2v) is 3.79. The average molecular weight is 222 g/mol. The lowest BCUT2D eigenvalue weighted by Gasteiger charge is -2.11. The number of hydrogen-bond acceptors (Lipinski definition) is 3. The zero-order valence-corrected chi connectivity index (χ0v) is 10.3. The van der Waals surface area contributed by atoms with Crippen LogP contribution >= 0.6 is 0 Å². The van der Waals surface area contributed by atoms with E-state index in [-0.39, 0.29) is 5.97 Å². The van der Waals surface area contributed by atoms with Gasteiger partial charge in [0.05, 0.1) is 6.61 Å².